The topological polar surface area (TPSA) is 67.6 Å². The van der Waals surface area contributed by atoms with Gasteiger partial charge in [0.2, 0.25) is 5.91 Å². The molecular weight excluding hydrogens is 318 g/mol. The van der Waals surface area contributed by atoms with E-state index in [0.717, 1.165) is 25.2 Å². The Morgan fingerprint density at radius 1 is 1.20 bits per heavy atom. The zero-order valence-corrected chi connectivity index (χ0v) is 15.0. The van der Waals surface area contributed by atoms with Gasteiger partial charge >= 0.3 is 0 Å². The molecule has 25 heavy (non-hydrogen) atoms. The van der Waals surface area contributed by atoms with Crippen molar-refractivity contribution in [2.75, 3.05) is 39.4 Å². The quantitative estimate of drug-likeness (QED) is 0.633. The first-order valence-electron chi connectivity index (χ1n) is 8.80. The van der Waals surface area contributed by atoms with Crippen LogP contribution in [0.25, 0.3) is 11.3 Å². The summed E-state index contributed by atoms with van der Waals surface area (Å²) in [6.45, 7) is 8.94. The second kappa shape index (κ2) is 10.6. The van der Waals surface area contributed by atoms with Crippen LogP contribution in [0.2, 0.25) is 0 Å². The second-order valence-electron chi connectivity index (χ2n) is 5.71. The summed E-state index contributed by atoms with van der Waals surface area (Å²) in [4.78, 5) is 14.2. The summed E-state index contributed by atoms with van der Waals surface area (Å²) < 4.78 is 10.8. The van der Waals surface area contributed by atoms with E-state index < -0.39 is 0 Å². The maximum atomic E-state index is 11.9. The maximum absolute atomic E-state index is 11.9. The molecule has 0 bridgehead atoms. The predicted octanol–water partition coefficient (Wildman–Crippen LogP) is 2.36. The van der Waals surface area contributed by atoms with Crippen LogP contribution in [0.5, 0.6) is 0 Å². The largest absolute Gasteiger partial charge is 0.378 e. The van der Waals surface area contributed by atoms with Crippen molar-refractivity contribution in [3.05, 3.63) is 42.1 Å². The summed E-state index contributed by atoms with van der Waals surface area (Å²) >= 11 is 0. The Morgan fingerprint density at radius 2 is 1.96 bits per heavy atom. The highest BCUT2D eigenvalue weighted by atomic mass is 16.5. The molecule has 0 atom stereocenters. The standard InChI is InChI=1S/C19H27N3O3/c1-3-22(4-2)11-13-24-12-10-20-19(23)15-17-14-18(25-21-17)16-8-6-5-7-9-16/h5-9,14H,3-4,10-13,15H2,1-2H3,(H,20,23). The summed E-state index contributed by atoms with van der Waals surface area (Å²) in [6, 6.07) is 11.5. The molecule has 0 saturated carbocycles. The average Bonchev–Trinajstić information content (AvgIpc) is 3.10. The zero-order valence-electron chi connectivity index (χ0n) is 15.0. The fourth-order valence-electron chi connectivity index (χ4n) is 2.46. The number of ether oxygens (including phenoxy) is 1. The number of nitrogens with zero attached hydrogens (tertiary/aromatic N) is 2. The highest BCUT2D eigenvalue weighted by Gasteiger charge is 2.10. The van der Waals surface area contributed by atoms with Crippen LogP contribution in [0.15, 0.2) is 40.9 Å². The van der Waals surface area contributed by atoms with Gasteiger partial charge in [-0.1, -0.05) is 49.3 Å². The van der Waals surface area contributed by atoms with E-state index in [4.69, 9.17) is 9.26 Å². The van der Waals surface area contributed by atoms with Gasteiger partial charge in [0.15, 0.2) is 5.76 Å². The number of likely N-dealkylation sites (N-methyl/N-ethyl adjacent to an activating group) is 1. The van der Waals surface area contributed by atoms with Gasteiger partial charge in [-0.3, -0.25) is 4.79 Å². The van der Waals surface area contributed by atoms with Gasteiger partial charge in [0.05, 0.1) is 25.3 Å². The Kier molecular flexibility index (Phi) is 8.15. The van der Waals surface area contributed by atoms with Crippen molar-refractivity contribution in [3.63, 3.8) is 0 Å². The van der Waals surface area contributed by atoms with Crippen LogP contribution in [0.1, 0.15) is 19.5 Å². The summed E-state index contributed by atoms with van der Waals surface area (Å²) in [7, 11) is 0. The Morgan fingerprint density at radius 3 is 2.68 bits per heavy atom. The first kappa shape index (κ1) is 19.1. The van der Waals surface area contributed by atoms with E-state index >= 15 is 0 Å². The molecule has 2 rings (SSSR count). The molecule has 0 aliphatic rings. The molecule has 6 heteroatoms. The van der Waals surface area contributed by atoms with Gasteiger partial charge in [0, 0.05) is 24.7 Å². The predicted molar refractivity (Wildman–Crippen MR) is 97.3 cm³/mol. The van der Waals surface area contributed by atoms with E-state index in [9.17, 15) is 4.79 Å². The highest BCUT2D eigenvalue weighted by molar-refractivity contribution is 5.78. The van der Waals surface area contributed by atoms with Crippen LogP contribution in [0, 0.1) is 0 Å². The van der Waals surface area contributed by atoms with E-state index in [2.05, 4.69) is 29.2 Å². The minimum Gasteiger partial charge on any atom is -0.378 e. The molecule has 0 spiro atoms. The fourth-order valence-corrected chi connectivity index (χ4v) is 2.46. The van der Waals surface area contributed by atoms with Gasteiger partial charge in [0.1, 0.15) is 0 Å². The molecule has 0 radical (unpaired) electrons. The third kappa shape index (κ3) is 6.68. The van der Waals surface area contributed by atoms with Gasteiger partial charge in [-0.25, -0.2) is 0 Å². The Labute approximate surface area is 149 Å². The summed E-state index contributed by atoms with van der Waals surface area (Å²) in [5.41, 5.74) is 1.57. The number of aromatic nitrogens is 1. The third-order valence-corrected chi connectivity index (χ3v) is 3.97. The fraction of sp³-hybridized carbons (Fsp3) is 0.474. The van der Waals surface area contributed by atoms with Crippen molar-refractivity contribution in [2.24, 2.45) is 0 Å². The molecule has 6 nitrogen and oxygen atoms in total. The second-order valence-corrected chi connectivity index (χ2v) is 5.71. The van der Waals surface area contributed by atoms with Crippen LogP contribution in [-0.2, 0) is 16.0 Å². The summed E-state index contributed by atoms with van der Waals surface area (Å²) in [5.74, 6) is 0.586. The Hall–Kier alpha value is -2.18. The van der Waals surface area contributed by atoms with E-state index in [0.29, 0.717) is 31.2 Å². The van der Waals surface area contributed by atoms with Crippen molar-refractivity contribution in [1.82, 2.24) is 15.4 Å². The normalized spacial score (nSPS) is 11.0. The number of benzene rings is 1. The smallest absolute Gasteiger partial charge is 0.226 e. The molecule has 1 aromatic heterocycles. The van der Waals surface area contributed by atoms with E-state index in [-0.39, 0.29) is 12.3 Å². The average molecular weight is 345 g/mol. The first-order chi connectivity index (χ1) is 12.2. The lowest BCUT2D eigenvalue weighted by Gasteiger charge is -2.17. The van der Waals surface area contributed by atoms with Gasteiger partial charge in [-0.05, 0) is 13.1 Å². The lowest BCUT2D eigenvalue weighted by atomic mass is 10.1. The molecule has 0 fully saturated rings. The lowest BCUT2D eigenvalue weighted by molar-refractivity contribution is -0.120. The number of carbonyl (C=O) groups is 1. The molecule has 1 N–H and O–H groups in total. The van der Waals surface area contributed by atoms with Crippen molar-refractivity contribution >= 4 is 5.91 Å². The van der Waals surface area contributed by atoms with Crippen molar-refractivity contribution in [3.8, 4) is 11.3 Å². The minimum absolute atomic E-state index is 0.0831. The SMILES string of the molecule is CCN(CC)CCOCCNC(=O)Cc1cc(-c2ccccc2)on1. The van der Waals surface area contributed by atoms with E-state index in [1.54, 1.807) is 6.07 Å². The van der Waals surface area contributed by atoms with Crippen LogP contribution >= 0.6 is 0 Å². The molecule has 1 aromatic carbocycles. The molecule has 0 aliphatic heterocycles. The third-order valence-electron chi connectivity index (χ3n) is 3.97. The maximum Gasteiger partial charge on any atom is 0.226 e. The number of carbonyl (C=O) groups excluding carboxylic acids is 1. The van der Waals surface area contributed by atoms with Crippen LogP contribution in [0.3, 0.4) is 0 Å². The molecule has 2 aromatic rings. The van der Waals surface area contributed by atoms with Crippen LogP contribution in [-0.4, -0.2) is 55.4 Å². The monoisotopic (exact) mass is 345 g/mol. The van der Waals surface area contributed by atoms with Gasteiger partial charge in [-0.15, -0.1) is 0 Å². The minimum atomic E-state index is -0.0831. The molecule has 1 amide bonds. The summed E-state index contributed by atoms with van der Waals surface area (Å²) in [5, 5.41) is 6.79. The number of hydrogen-bond acceptors (Lipinski definition) is 5. The van der Waals surface area contributed by atoms with Gasteiger partial charge in [-0.2, -0.15) is 0 Å². The van der Waals surface area contributed by atoms with Crippen molar-refractivity contribution in [1.29, 1.82) is 0 Å². The number of nitrogens with one attached hydrogen (secondary N) is 1. The highest BCUT2D eigenvalue weighted by Crippen LogP contribution is 2.19. The first-order valence-corrected chi connectivity index (χ1v) is 8.80. The molecule has 0 saturated heterocycles. The van der Waals surface area contributed by atoms with Gasteiger partial charge < -0.3 is 19.5 Å². The Bertz CT molecular complexity index is 624. The zero-order chi connectivity index (χ0) is 17.9. The Balaban J connectivity index is 1.63. The van der Waals surface area contributed by atoms with E-state index in [1.165, 1.54) is 0 Å². The van der Waals surface area contributed by atoms with Crippen molar-refractivity contribution in [2.45, 2.75) is 20.3 Å². The summed E-state index contributed by atoms with van der Waals surface area (Å²) in [6.07, 6.45) is 0.204. The molecule has 136 valence electrons. The van der Waals surface area contributed by atoms with Crippen LogP contribution in [0.4, 0.5) is 0 Å². The molecule has 1 heterocycles. The lowest BCUT2D eigenvalue weighted by Crippen LogP contribution is -2.31. The molecular formula is C19H27N3O3. The molecule has 0 aliphatic carbocycles. The van der Waals surface area contributed by atoms with Crippen molar-refractivity contribution < 1.29 is 14.1 Å². The number of amides is 1. The molecule has 0 unspecified atom stereocenters. The number of rotatable bonds is 11. The van der Waals surface area contributed by atoms with Gasteiger partial charge in [0.25, 0.3) is 0 Å². The van der Waals surface area contributed by atoms with Crippen LogP contribution < -0.4 is 5.32 Å². The number of hydrogen-bond donors (Lipinski definition) is 1. The van der Waals surface area contributed by atoms with E-state index in [1.807, 2.05) is 30.3 Å².